The number of hydrogen-bond donors (Lipinski definition) is 0. The molecule has 5 heteroatoms. The van der Waals surface area contributed by atoms with E-state index < -0.39 is 0 Å². The molecule has 17 heavy (non-hydrogen) atoms. The Labute approximate surface area is 107 Å². The van der Waals surface area contributed by atoms with E-state index in [1.807, 2.05) is 25.7 Å². The summed E-state index contributed by atoms with van der Waals surface area (Å²) in [6.07, 6.45) is 4.26. The maximum Gasteiger partial charge on any atom is 0.293 e. The van der Waals surface area contributed by atoms with Gasteiger partial charge in [0.2, 0.25) is 0 Å². The number of nitrogens with zero attached hydrogens (tertiary/aromatic N) is 3. The van der Waals surface area contributed by atoms with Gasteiger partial charge in [-0.05, 0) is 27.2 Å². The van der Waals surface area contributed by atoms with Gasteiger partial charge in [-0.1, -0.05) is 0 Å². The molecular weight excluding hydrogens is 238 g/mol. The standard InChI is InChI=1S/C12H20ClN3O/c1-4-15(8-5-6-13)11-12(17)16(10(2)3)9-7-14-11/h7,9-10H,4-6,8H2,1-3H3. The Morgan fingerprint density at radius 3 is 2.76 bits per heavy atom. The van der Waals surface area contributed by atoms with Gasteiger partial charge in [-0.3, -0.25) is 4.79 Å². The van der Waals surface area contributed by atoms with Crippen molar-refractivity contribution < 1.29 is 0 Å². The first-order chi connectivity index (χ1) is 8.11. The molecule has 0 radical (unpaired) electrons. The molecule has 0 atom stereocenters. The molecule has 0 amide bonds. The number of rotatable bonds is 6. The lowest BCUT2D eigenvalue weighted by atomic mass is 10.3. The molecule has 0 saturated carbocycles. The topological polar surface area (TPSA) is 38.1 Å². The van der Waals surface area contributed by atoms with Crippen molar-refractivity contribution in [1.29, 1.82) is 0 Å². The highest BCUT2D eigenvalue weighted by Gasteiger charge is 2.12. The third-order valence-electron chi connectivity index (χ3n) is 2.65. The third kappa shape index (κ3) is 3.46. The van der Waals surface area contributed by atoms with Crippen LogP contribution in [0, 0.1) is 0 Å². The molecule has 0 fully saturated rings. The average Bonchev–Trinajstić information content (AvgIpc) is 2.31. The molecule has 0 unspecified atom stereocenters. The summed E-state index contributed by atoms with van der Waals surface area (Å²) in [6.45, 7) is 7.52. The van der Waals surface area contributed by atoms with Gasteiger partial charge >= 0.3 is 0 Å². The third-order valence-corrected chi connectivity index (χ3v) is 2.92. The van der Waals surface area contributed by atoms with Gasteiger partial charge in [0.1, 0.15) is 0 Å². The second kappa shape index (κ2) is 6.64. The van der Waals surface area contributed by atoms with Crippen LogP contribution < -0.4 is 10.5 Å². The number of aromatic nitrogens is 2. The fourth-order valence-corrected chi connectivity index (χ4v) is 1.82. The monoisotopic (exact) mass is 257 g/mol. The number of hydrogen-bond acceptors (Lipinski definition) is 3. The molecule has 0 aromatic carbocycles. The van der Waals surface area contributed by atoms with E-state index in [0.717, 1.165) is 19.5 Å². The van der Waals surface area contributed by atoms with Gasteiger partial charge < -0.3 is 9.47 Å². The minimum absolute atomic E-state index is 0.0288. The van der Waals surface area contributed by atoms with Crippen molar-refractivity contribution in [3.05, 3.63) is 22.7 Å². The van der Waals surface area contributed by atoms with Gasteiger partial charge in [-0.2, -0.15) is 0 Å². The average molecular weight is 258 g/mol. The van der Waals surface area contributed by atoms with E-state index in [1.165, 1.54) is 0 Å². The fraction of sp³-hybridized carbons (Fsp3) is 0.667. The lowest BCUT2D eigenvalue weighted by Gasteiger charge is -2.22. The van der Waals surface area contributed by atoms with Crippen LogP contribution in [0.5, 0.6) is 0 Å². The maximum absolute atomic E-state index is 12.2. The van der Waals surface area contributed by atoms with Gasteiger partial charge in [-0.15, -0.1) is 11.6 Å². The minimum Gasteiger partial charge on any atom is -0.352 e. The van der Waals surface area contributed by atoms with E-state index in [2.05, 4.69) is 4.98 Å². The predicted octanol–water partition coefficient (Wildman–Crippen LogP) is 2.28. The normalized spacial score (nSPS) is 10.9. The SMILES string of the molecule is CCN(CCCCl)c1nccn(C(C)C)c1=O. The Bertz CT molecular complexity index is 403. The summed E-state index contributed by atoms with van der Waals surface area (Å²) < 4.78 is 1.70. The Hall–Kier alpha value is -1.03. The molecule has 0 saturated heterocycles. The van der Waals surface area contributed by atoms with Crippen LogP contribution in [0.3, 0.4) is 0 Å². The van der Waals surface area contributed by atoms with Crippen LogP contribution in [0.25, 0.3) is 0 Å². The summed E-state index contributed by atoms with van der Waals surface area (Å²) >= 11 is 5.68. The molecule has 1 heterocycles. The number of alkyl halides is 1. The van der Waals surface area contributed by atoms with Gasteiger partial charge in [0, 0.05) is 37.4 Å². The molecule has 0 bridgehead atoms. The fourth-order valence-electron chi connectivity index (χ4n) is 1.70. The van der Waals surface area contributed by atoms with Crippen LogP contribution in [-0.4, -0.2) is 28.5 Å². The number of halogens is 1. The van der Waals surface area contributed by atoms with Crippen LogP contribution in [0.2, 0.25) is 0 Å². The van der Waals surface area contributed by atoms with Crippen LogP contribution >= 0.6 is 11.6 Å². The summed E-state index contributed by atoms with van der Waals surface area (Å²) in [6, 6.07) is 0.149. The van der Waals surface area contributed by atoms with Gasteiger partial charge in [0.05, 0.1) is 0 Å². The first kappa shape index (κ1) is 14.0. The van der Waals surface area contributed by atoms with Crippen molar-refractivity contribution in [1.82, 2.24) is 9.55 Å². The Balaban J connectivity index is 3.03. The predicted molar refractivity (Wildman–Crippen MR) is 72.1 cm³/mol. The molecule has 4 nitrogen and oxygen atoms in total. The van der Waals surface area contributed by atoms with Crippen LogP contribution in [0.15, 0.2) is 17.2 Å². The maximum atomic E-state index is 12.2. The van der Waals surface area contributed by atoms with Gasteiger partial charge in [0.15, 0.2) is 5.82 Å². The van der Waals surface area contributed by atoms with E-state index in [1.54, 1.807) is 17.0 Å². The second-order valence-corrected chi connectivity index (χ2v) is 4.56. The molecule has 0 aliphatic carbocycles. The zero-order valence-electron chi connectivity index (χ0n) is 10.7. The Kier molecular flexibility index (Phi) is 5.48. The van der Waals surface area contributed by atoms with Crippen molar-refractivity contribution in [3.8, 4) is 0 Å². The van der Waals surface area contributed by atoms with Crippen LogP contribution in [-0.2, 0) is 0 Å². The number of anilines is 1. The summed E-state index contributed by atoms with van der Waals surface area (Å²) in [4.78, 5) is 18.4. The first-order valence-electron chi connectivity index (χ1n) is 5.99. The van der Waals surface area contributed by atoms with Crippen molar-refractivity contribution in [2.75, 3.05) is 23.9 Å². The van der Waals surface area contributed by atoms with E-state index in [-0.39, 0.29) is 11.6 Å². The van der Waals surface area contributed by atoms with E-state index in [9.17, 15) is 4.79 Å². The summed E-state index contributed by atoms with van der Waals surface area (Å²) in [7, 11) is 0. The molecule has 1 rings (SSSR count). The van der Waals surface area contributed by atoms with Crippen molar-refractivity contribution in [2.24, 2.45) is 0 Å². The summed E-state index contributed by atoms with van der Waals surface area (Å²) in [5.41, 5.74) is -0.0288. The van der Waals surface area contributed by atoms with Crippen molar-refractivity contribution >= 4 is 17.4 Å². The Morgan fingerprint density at radius 2 is 2.24 bits per heavy atom. The zero-order chi connectivity index (χ0) is 12.8. The molecule has 96 valence electrons. The summed E-state index contributed by atoms with van der Waals surface area (Å²) in [5, 5.41) is 0. The van der Waals surface area contributed by atoms with Crippen molar-refractivity contribution in [3.63, 3.8) is 0 Å². The smallest absolute Gasteiger partial charge is 0.293 e. The van der Waals surface area contributed by atoms with Crippen molar-refractivity contribution in [2.45, 2.75) is 33.2 Å². The zero-order valence-corrected chi connectivity index (χ0v) is 11.4. The highest BCUT2D eigenvalue weighted by molar-refractivity contribution is 6.17. The molecule has 1 aromatic rings. The quantitative estimate of drug-likeness (QED) is 0.734. The van der Waals surface area contributed by atoms with Crippen LogP contribution in [0.4, 0.5) is 5.82 Å². The van der Waals surface area contributed by atoms with E-state index >= 15 is 0 Å². The summed E-state index contributed by atoms with van der Waals surface area (Å²) in [5.74, 6) is 1.12. The Morgan fingerprint density at radius 1 is 1.53 bits per heavy atom. The molecule has 0 N–H and O–H groups in total. The van der Waals surface area contributed by atoms with Gasteiger partial charge in [-0.25, -0.2) is 4.98 Å². The molecule has 0 spiro atoms. The molecule has 0 aliphatic heterocycles. The largest absolute Gasteiger partial charge is 0.352 e. The molecule has 1 aromatic heterocycles. The molecule has 0 aliphatic rings. The van der Waals surface area contributed by atoms with E-state index in [4.69, 9.17) is 11.6 Å². The highest BCUT2D eigenvalue weighted by Crippen LogP contribution is 2.07. The van der Waals surface area contributed by atoms with Crippen LogP contribution in [0.1, 0.15) is 33.2 Å². The minimum atomic E-state index is -0.0288. The first-order valence-corrected chi connectivity index (χ1v) is 6.53. The highest BCUT2D eigenvalue weighted by atomic mass is 35.5. The lowest BCUT2D eigenvalue weighted by Crippen LogP contribution is -2.34. The second-order valence-electron chi connectivity index (χ2n) is 4.18. The van der Waals surface area contributed by atoms with E-state index in [0.29, 0.717) is 11.7 Å². The van der Waals surface area contributed by atoms with Gasteiger partial charge in [0.25, 0.3) is 5.56 Å². The molecular formula is C12H20ClN3O. The lowest BCUT2D eigenvalue weighted by molar-refractivity contribution is 0.570.